The summed E-state index contributed by atoms with van der Waals surface area (Å²) in [6.07, 6.45) is 7.49. The zero-order valence-electron chi connectivity index (χ0n) is 11.1. The van der Waals surface area contributed by atoms with E-state index in [1.54, 1.807) is 0 Å². The van der Waals surface area contributed by atoms with E-state index in [0.717, 1.165) is 23.4 Å². The number of fused-ring (bicyclic) bond motifs is 5. The third kappa shape index (κ3) is 1.66. The molecule has 2 aliphatic carbocycles. The Morgan fingerprint density at radius 1 is 1.05 bits per heavy atom. The largest absolute Gasteiger partial charge is 0.322 e. The second kappa shape index (κ2) is 4.22. The van der Waals surface area contributed by atoms with E-state index in [-0.39, 0.29) is 5.56 Å². The number of hydrogen-bond acceptors (Lipinski definition) is 1. The van der Waals surface area contributed by atoms with Gasteiger partial charge in [-0.15, -0.1) is 0 Å². The fraction of sp³-hybridized carbons (Fsp3) is 0.471. The molecule has 0 spiro atoms. The van der Waals surface area contributed by atoms with E-state index in [0.29, 0.717) is 5.92 Å². The van der Waals surface area contributed by atoms with Gasteiger partial charge in [-0.25, -0.2) is 0 Å². The molecular weight excluding hydrogens is 234 g/mol. The van der Waals surface area contributed by atoms with Crippen molar-refractivity contribution >= 4 is 10.9 Å². The van der Waals surface area contributed by atoms with Gasteiger partial charge >= 0.3 is 0 Å². The zero-order valence-corrected chi connectivity index (χ0v) is 11.1. The Morgan fingerprint density at radius 3 is 2.84 bits per heavy atom. The van der Waals surface area contributed by atoms with Crippen molar-refractivity contribution in [2.75, 3.05) is 0 Å². The Kier molecular flexibility index (Phi) is 2.51. The number of benzene rings is 1. The molecule has 0 radical (unpaired) electrons. The number of para-hydroxylation sites is 1. The first-order valence-electron chi connectivity index (χ1n) is 7.48. The van der Waals surface area contributed by atoms with Crippen LogP contribution in [0.5, 0.6) is 0 Å². The number of H-pyrrole nitrogens is 1. The second-order valence-corrected chi connectivity index (χ2v) is 6.08. The summed E-state index contributed by atoms with van der Waals surface area (Å²) in [5.41, 5.74) is 3.62. The van der Waals surface area contributed by atoms with E-state index in [1.165, 1.54) is 43.1 Å². The molecule has 1 heterocycles. The summed E-state index contributed by atoms with van der Waals surface area (Å²) in [5.74, 6) is 1.44. The van der Waals surface area contributed by atoms with Crippen LogP contribution in [0.15, 0.2) is 29.1 Å². The highest BCUT2D eigenvalue weighted by atomic mass is 16.1. The van der Waals surface area contributed by atoms with E-state index in [1.807, 2.05) is 12.1 Å². The molecule has 1 aromatic heterocycles. The summed E-state index contributed by atoms with van der Waals surface area (Å²) in [6.45, 7) is 0. The van der Waals surface area contributed by atoms with Crippen LogP contribution in [-0.4, -0.2) is 4.98 Å². The first-order chi connectivity index (χ1) is 9.34. The Hall–Kier alpha value is -1.57. The molecule has 98 valence electrons. The highest BCUT2D eigenvalue weighted by Gasteiger charge is 2.33. The lowest BCUT2D eigenvalue weighted by atomic mass is 9.67. The molecule has 0 saturated heterocycles. The monoisotopic (exact) mass is 253 g/mol. The Morgan fingerprint density at radius 2 is 1.89 bits per heavy atom. The van der Waals surface area contributed by atoms with Gasteiger partial charge in [0.2, 0.25) is 0 Å². The number of rotatable bonds is 0. The van der Waals surface area contributed by atoms with Crippen molar-refractivity contribution < 1.29 is 0 Å². The van der Waals surface area contributed by atoms with E-state index in [9.17, 15) is 4.79 Å². The van der Waals surface area contributed by atoms with Gasteiger partial charge in [-0.3, -0.25) is 4.79 Å². The van der Waals surface area contributed by atoms with Gasteiger partial charge in [0.05, 0.1) is 0 Å². The van der Waals surface area contributed by atoms with Crippen LogP contribution in [-0.2, 0) is 6.42 Å². The maximum atomic E-state index is 12.3. The second-order valence-electron chi connectivity index (χ2n) is 6.08. The van der Waals surface area contributed by atoms with Crippen LogP contribution >= 0.6 is 0 Å². The molecule has 4 rings (SSSR count). The van der Waals surface area contributed by atoms with Crippen LogP contribution in [0.4, 0.5) is 0 Å². The lowest BCUT2D eigenvalue weighted by Crippen LogP contribution is -2.29. The third-order valence-corrected chi connectivity index (χ3v) is 5.11. The maximum Gasteiger partial charge on any atom is 0.251 e. The molecule has 2 aromatic rings. The number of nitrogens with one attached hydrogen (secondary N) is 1. The third-order valence-electron chi connectivity index (χ3n) is 5.11. The van der Waals surface area contributed by atoms with Gasteiger partial charge < -0.3 is 4.98 Å². The molecule has 2 nitrogen and oxygen atoms in total. The van der Waals surface area contributed by atoms with E-state index in [4.69, 9.17) is 0 Å². The van der Waals surface area contributed by atoms with Gasteiger partial charge in [0.25, 0.3) is 5.56 Å². The summed E-state index contributed by atoms with van der Waals surface area (Å²) < 4.78 is 0. The van der Waals surface area contributed by atoms with Gasteiger partial charge in [0.1, 0.15) is 0 Å². The highest BCUT2D eigenvalue weighted by molar-refractivity contribution is 5.83. The summed E-state index contributed by atoms with van der Waals surface area (Å²) in [5, 5.41) is 1.29. The quantitative estimate of drug-likeness (QED) is 0.762. The van der Waals surface area contributed by atoms with Crippen molar-refractivity contribution in [1.29, 1.82) is 0 Å². The molecule has 0 amide bonds. The molecule has 1 fully saturated rings. The molecular formula is C17H19NO. The van der Waals surface area contributed by atoms with Crippen molar-refractivity contribution in [2.24, 2.45) is 5.92 Å². The average molecular weight is 253 g/mol. The minimum absolute atomic E-state index is 0.151. The van der Waals surface area contributed by atoms with E-state index < -0.39 is 0 Å². The van der Waals surface area contributed by atoms with E-state index in [2.05, 4.69) is 17.1 Å². The van der Waals surface area contributed by atoms with Crippen LogP contribution in [0.2, 0.25) is 0 Å². The van der Waals surface area contributed by atoms with Crippen LogP contribution in [0.25, 0.3) is 10.9 Å². The topological polar surface area (TPSA) is 32.9 Å². The molecule has 0 unspecified atom stereocenters. The molecule has 1 N–H and O–H groups in total. The Labute approximate surface area is 112 Å². The molecule has 2 heteroatoms. The SMILES string of the molecule is O=c1[nH]c2ccccc2c2c1CC[C@H]1CCCC[C@H]21. The molecule has 0 bridgehead atoms. The predicted octanol–water partition coefficient (Wildman–Crippen LogP) is 3.75. The van der Waals surface area contributed by atoms with Crippen LogP contribution in [0.1, 0.15) is 49.1 Å². The summed E-state index contributed by atoms with van der Waals surface area (Å²) in [7, 11) is 0. The number of aromatic amines is 1. The van der Waals surface area contributed by atoms with Gasteiger partial charge in [0, 0.05) is 16.5 Å². The lowest BCUT2D eigenvalue weighted by molar-refractivity contribution is 0.276. The fourth-order valence-corrected chi connectivity index (χ4v) is 4.24. The minimum Gasteiger partial charge on any atom is -0.322 e. The standard InChI is InChI=1S/C17H19NO/c19-17-14-10-9-11-5-1-2-6-12(11)16(14)13-7-3-4-8-15(13)18-17/h3-4,7-8,11-12H,1-2,5-6,9-10H2,(H,18,19)/t11-,12+/m1/s1. The van der Waals surface area contributed by atoms with Crippen molar-refractivity contribution in [3.05, 3.63) is 45.7 Å². The van der Waals surface area contributed by atoms with Gasteiger partial charge in [-0.05, 0) is 49.1 Å². The molecule has 2 atom stereocenters. The normalized spacial score (nSPS) is 25.9. The molecule has 2 aliphatic rings. The van der Waals surface area contributed by atoms with E-state index >= 15 is 0 Å². The van der Waals surface area contributed by atoms with Crippen molar-refractivity contribution in [2.45, 2.75) is 44.4 Å². The summed E-state index contributed by atoms with van der Waals surface area (Å²) in [6, 6.07) is 8.31. The molecule has 0 aliphatic heterocycles. The lowest BCUT2D eigenvalue weighted by Gasteiger charge is -2.37. The molecule has 19 heavy (non-hydrogen) atoms. The van der Waals surface area contributed by atoms with Crippen molar-refractivity contribution in [3.63, 3.8) is 0 Å². The summed E-state index contributed by atoms with van der Waals surface area (Å²) in [4.78, 5) is 15.4. The smallest absolute Gasteiger partial charge is 0.251 e. The first-order valence-corrected chi connectivity index (χ1v) is 7.48. The number of hydrogen-bond donors (Lipinski definition) is 1. The minimum atomic E-state index is 0.151. The van der Waals surface area contributed by atoms with Crippen LogP contribution in [0, 0.1) is 5.92 Å². The van der Waals surface area contributed by atoms with Gasteiger partial charge in [0.15, 0.2) is 0 Å². The fourth-order valence-electron chi connectivity index (χ4n) is 4.24. The number of aromatic nitrogens is 1. The molecule has 1 saturated carbocycles. The molecule has 1 aromatic carbocycles. The van der Waals surface area contributed by atoms with Gasteiger partial charge in [-0.1, -0.05) is 31.0 Å². The first kappa shape index (κ1) is 11.3. The zero-order chi connectivity index (χ0) is 12.8. The van der Waals surface area contributed by atoms with Crippen molar-refractivity contribution in [3.8, 4) is 0 Å². The van der Waals surface area contributed by atoms with Crippen molar-refractivity contribution in [1.82, 2.24) is 4.98 Å². The summed E-state index contributed by atoms with van der Waals surface area (Å²) >= 11 is 0. The Bertz CT molecular complexity index is 685. The maximum absolute atomic E-state index is 12.3. The number of pyridine rings is 1. The predicted molar refractivity (Wildman–Crippen MR) is 77.6 cm³/mol. The van der Waals surface area contributed by atoms with Gasteiger partial charge in [-0.2, -0.15) is 0 Å². The van der Waals surface area contributed by atoms with Crippen LogP contribution in [0.3, 0.4) is 0 Å². The van der Waals surface area contributed by atoms with Crippen LogP contribution < -0.4 is 5.56 Å². The average Bonchev–Trinajstić information content (AvgIpc) is 2.47. The Balaban J connectivity index is 2.02. The highest BCUT2D eigenvalue weighted by Crippen LogP contribution is 2.46.